The minimum Gasteiger partial charge on any atom is -0.288 e. The first kappa shape index (κ1) is 11.2. The summed E-state index contributed by atoms with van der Waals surface area (Å²) in [6.07, 6.45) is 1.99. The summed E-state index contributed by atoms with van der Waals surface area (Å²) in [6.45, 7) is 4.02. The van der Waals surface area contributed by atoms with Crippen molar-refractivity contribution in [1.29, 1.82) is 0 Å². The molecule has 0 amide bonds. The third kappa shape index (κ3) is 1.87. The molecule has 2 heterocycles. The van der Waals surface area contributed by atoms with E-state index in [0.29, 0.717) is 5.02 Å². The number of benzene rings is 1. The van der Waals surface area contributed by atoms with Crippen molar-refractivity contribution in [1.82, 2.24) is 14.4 Å². The van der Waals surface area contributed by atoms with E-state index in [0.717, 1.165) is 28.4 Å². The maximum atomic E-state index is 6.00. The lowest BCUT2D eigenvalue weighted by Crippen LogP contribution is -1.94. The molecule has 0 fully saturated rings. The van der Waals surface area contributed by atoms with Gasteiger partial charge in [0.05, 0.1) is 5.69 Å². The predicted octanol–water partition coefficient (Wildman–Crippen LogP) is 3.67. The van der Waals surface area contributed by atoms with Crippen molar-refractivity contribution in [2.45, 2.75) is 13.8 Å². The van der Waals surface area contributed by atoms with Gasteiger partial charge in [0.2, 0.25) is 5.78 Å². The zero-order valence-electron chi connectivity index (χ0n) is 10.2. The van der Waals surface area contributed by atoms with Crippen LogP contribution in [0, 0.1) is 13.8 Å². The lowest BCUT2D eigenvalue weighted by atomic mass is 10.2. The second-order valence-electron chi connectivity index (χ2n) is 4.35. The van der Waals surface area contributed by atoms with Crippen LogP contribution in [0.15, 0.2) is 36.5 Å². The minimum atomic E-state index is 0.713. The molecule has 3 aromatic rings. The van der Waals surface area contributed by atoms with Crippen LogP contribution in [0.1, 0.15) is 11.4 Å². The number of fused-ring (bicyclic) bond motifs is 1. The van der Waals surface area contributed by atoms with Gasteiger partial charge in [-0.25, -0.2) is 9.97 Å². The molecule has 2 aromatic heterocycles. The third-order valence-electron chi connectivity index (χ3n) is 2.88. The van der Waals surface area contributed by atoms with Crippen molar-refractivity contribution < 1.29 is 0 Å². The molecule has 0 aliphatic rings. The highest BCUT2D eigenvalue weighted by Gasteiger charge is 2.07. The van der Waals surface area contributed by atoms with Gasteiger partial charge in [-0.15, -0.1) is 0 Å². The molecule has 0 unspecified atom stereocenters. The summed E-state index contributed by atoms with van der Waals surface area (Å²) in [5.41, 5.74) is 3.99. The number of imidazole rings is 1. The van der Waals surface area contributed by atoms with Crippen LogP contribution in [0.2, 0.25) is 5.02 Å². The fourth-order valence-corrected chi connectivity index (χ4v) is 2.25. The van der Waals surface area contributed by atoms with Gasteiger partial charge >= 0.3 is 0 Å². The van der Waals surface area contributed by atoms with E-state index in [1.807, 2.05) is 54.8 Å². The highest BCUT2D eigenvalue weighted by molar-refractivity contribution is 6.30. The fraction of sp³-hybridized carbons (Fsp3) is 0.143. The van der Waals surface area contributed by atoms with Crippen molar-refractivity contribution in [2.75, 3.05) is 0 Å². The molecule has 3 rings (SSSR count). The molecule has 0 bridgehead atoms. The summed E-state index contributed by atoms with van der Waals surface area (Å²) in [7, 11) is 0. The number of hydrogen-bond acceptors (Lipinski definition) is 2. The van der Waals surface area contributed by atoms with Gasteiger partial charge < -0.3 is 0 Å². The second-order valence-corrected chi connectivity index (χ2v) is 4.78. The van der Waals surface area contributed by atoms with Gasteiger partial charge in [-0.2, -0.15) is 0 Å². The lowest BCUT2D eigenvalue weighted by molar-refractivity contribution is 1.01. The maximum absolute atomic E-state index is 6.00. The molecule has 0 aliphatic carbocycles. The normalized spacial score (nSPS) is 11.1. The van der Waals surface area contributed by atoms with Gasteiger partial charge in [-0.3, -0.25) is 4.40 Å². The summed E-state index contributed by atoms with van der Waals surface area (Å²) < 4.78 is 1.99. The molecule has 4 heteroatoms. The van der Waals surface area contributed by atoms with Crippen LogP contribution >= 0.6 is 11.6 Å². The number of aryl methyl sites for hydroxylation is 2. The Balaban J connectivity index is 2.22. The Hall–Kier alpha value is -1.87. The Bertz CT molecular complexity index is 731. The molecule has 0 N–H and O–H groups in total. The van der Waals surface area contributed by atoms with Gasteiger partial charge in [-0.1, -0.05) is 23.7 Å². The number of aromatic nitrogens is 3. The molecule has 0 atom stereocenters. The topological polar surface area (TPSA) is 30.2 Å². The first-order valence-electron chi connectivity index (χ1n) is 5.73. The van der Waals surface area contributed by atoms with Gasteiger partial charge in [0.1, 0.15) is 0 Å². The maximum Gasteiger partial charge on any atom is 0.234 e. The largest absolute Gasteiger partial charge is 0.288 e. The summed E-state index contributed by atoms with van der Waals surface area (Å²) in [6, 6.07) is 9.72. The molecule has 0 spiro atoms. The van der Waals surface area contributed by atoms with E-state index in [4.69, 9.17) is 11.6 Å². The monoisotopic (exact) mass is 257 g/mol. The van der Waals surface area contributed by atoms with Crippen molar-refractivity contribution in [3.8, 4) is 11.3 Å². The van der Waals surface area contributed by atoms with Crippen LogP contribution in [0.3, 0.4) is 0 Å². The molecule has 0 saturated carbocycles. The van der Waals surface area contributed by atoms with Gasteiger partial charge in [0.15, 0.2) is 0 Å². The molecular weight excluding hydrogens is 246 g/mol. The fourth-order valence-electron chi connectivity index (χ4n) is 2.06. The molecule has 18 heavy (non-hydrogen) atoms. The van der Waals surface area contributed by atoms with Crippen molar-refractivity contribution >= 4 is 17.4 Å². The number of rotatable bonds is 1. The second kappa shape index (κ2) is 4.10. The molecule has 3 nitrogen and oxygen atoms in total. The first-order valence-corrected chi connectivity index (χ1v) is 6.10. The summed E-state index contributed by atoms with van der Waals surface area (Å²) in [5, 5.41) is 0.713. The van der Waals surface area contributed by atoms with Gasteiger partial charge in [0.25, 0.3) is 0 Å². The predicted molar refractivity (Wildman–Crippen MR) is 72.9 cm³/mol. The smallest absolute Gasteiger partial charge is 0.234 e. The zero-order valence-corrected chi connectivity index (χ0v) is 10.9. The summed E-state index contributed by atoms with van der Waals surface area (Å²) >= 11 is 6.00. The van der Waals surface area contributed by atoms with E-state index >= 15 is 0 Å². The molecule has 0 saturated heterocycles. The SMILES string of the molecule is Cc1cc(C)n2cc(-c3cccc(Cl)c3)nc2n1. The molecule has 90 valence electrons. The van der Waals surface area contributed by atoms with Crippen LogP contribution in [0.5, 0.6) is 0 Å². The Labute approximate surface area is 110 Å². The standard InChI is InChI=1S/C14H12ClN3/c1-9-6-10(2)18-8-13(17-14(18)16-9)11-4-3-5-12(15)7-11/h3-8H,1-2H3. The summed E-state index contributed by atoms with van der Waals surface area (Å²) in [5.74, 6) is 0.725. The van der Waals surface area contributed by atoms with Gasteiger partial charge in [0, 0.05) is 28.2 Å². The van der Waals surface area contributed by atoms with Crippen LogP contribution < -0.4 is 0 Å². The van der Waals surface area contributed by atoms with E-state index < -0.39 is 0 Å². The average Bonchev–Trinajstić information content (AvgIpc) is 2.73. The third-order valence-corrected chi connectivity index (χ3v) is 3.12. The Kier molecular flexibility index (Phi) is 2.56. The highest BCUT2D eigenvalue weighted by atomic mass is 35.5. The number of hydrogen-bond donors (Lipinski definition) is 0. The molecular formula is C14H12ClN3. The van der Waals surface area contributed by atoms with E-state index in [-0.39, 0.29) is 0 Å². The van der Waals surface area contributed by atoms with Crippen LogP contribution in [0.25, 0.3) is 17.0 Å². The van der Waals surface area contributed by atoms with E-state index in [9.17, 15) is 0 Å². The number of halogens is 1. The van der Waals surface area contributed by atoms with E-state index in [2.05, 4.69) is 9.97 Å². The average molecular weight is 258 g/mol. The van der Waals surface area contributed by atoms with Crippen molar-refractivity contribution in [2.24, 2.45) is 0 Å². The molecule has 0 radical (unpaired) electrons. The summed E-state index contributed by atoms with van der Waals surface area (Å²) in [4.78, 5) is 8.96. The van der Waals surface area contributed by atoms with Crippen LogP contribution in [-0.2, 0) is 0 Å². The van der Waals surface area contributed by atoms with Crippen LogP contribution in [-0.4, -0.2) is 14.4 Å². The van der Waals surface area contributed by atoms with E-state index in [1.54, 1.807) is 0 Å². The minimum absolute atomic E-state index is 0.713. The van der Waals surface area contributed by atoms with Crippen molar-refractivity contribution in [3.05, 3.63) is 52.9 Å². The molecule has 0 aliphatic heterocycles. The number of nitrogens with zero attached hydrogens (tertiary/aromatic N) is 3. The molecule has 1 aromatic carbocycles. The van der Waals surface area contributed by atoms with E-state index in [1.165, 1.54) is 0 Å². The van der Waals surface area contributed by atoms with Crippen molar-refractivity contribution in [3.63, 3.8) is 0 Å². The lowest BCUT2D eigenvalue weighted by Gasteiger charge is -1.99. The van der Waals surface area contributed by atoms with Gasteiger partial charge in [-0.05, 0) is 32.0 Å². The quantitative estimate of drug-likeness (QED) is 0.666. The highest BCUT2D eigenvalue weighted by Crippen LogP contribution is 2.22. The zero-order chi connectivity index (χ0) is 12.7. The Morgan fingerprint density at radius 3 is 2.72 bits per heavy atom. The van der Waals surface area contributed by atoms with Crippen LogP contribution in [0.4, 0.5) is 0 Å². The Morgan fingerprint density at radius 1 is 1.11 bits per heavy atom. The first-order chi connectivity index (χ1) is 8.63. The Morgan fingerprint density at radius 2 is 1.94 bits per heavy atom.